The topological polar surface area (TPSA) is 30.9 Å². The minimum atomic E-state index is 0.710. The summed E-state index contributed by atoms with van der Waals surface area (Å²) < 4.78 is 2.29. The van der Waals surface area contributed by atoms with E-state index in [9.17, 15) is 0 Å². The number of anilines is 1. The van der Waals surface area contributed by atoms with Crippen molar-refractivity contribution in [3.63, 3.8) is 0 Å². The standard InChI is InChI=1S/C13H18N2/c1-3-10(2)9-15-8-7-11-12(14)5-4-6-13(11)15/h4-8,10H,3,9,14H2,1-2H3. The summed E-state index contributed by atoms with van der Waals surface area (Å²) in [6, 6.07) is 8.21. The van der Waals surface area contributed by atoms with Gasteiger partial charge in [-0.2, -0.15) is 0 Å². The number of rotatable bonds is 3. The number of benzene rings is 1. The summed E-state index contributed by atoms with van der Waals surface area (Å²) >= 11 is 0. The quantitative estimate of drug-likeness (QED) is 0.761. The first-order valence-corrected chi connectivity index (χ1v) is 5.55. The molecule has 0 amide bonds. The maximum Gasteiger partial charge on any atom is 0.0501 e. The number of nitrogens with two attached hydrogens (primary N) is 1. The van der Waals surface area contributed by atoms with E-state index in [1.165, 1.54) is 17.3 Å². The van der Waals surface area contributed by atoms with Crippen molar-refractivity contribution in [2.24, 2.45) is 5.92 Å². The van der Waals surface area contributed by atoms with Gasteiger partial charge in [0.05, 0.1) is 5.52 Å². The molecule has 15 heavy (non-hydrogen) atoms. The molecule has 0 bridgehead atoms. The van der Waals surface area contributed by atoms with Gasteiger partial charge in [-0.05, 0) is 24.1 Å². The van der Waals surface area contributed by atoms with Crippen molar-refractivity contribution in [2.75, 3.05) is 5.73 Å². The van der Waals surface area contributed by atoms with Gasteiger partial charge in [0.25, 0.3) is 0 Å². The van der Waals surface area contributed by atoms with E-state index in [0.717, 1.165) is 12.2 Å². The lowest BCUT2D eigenvalue weighted by Crippen LogP contribution is -2.05. The molecular weight excluding hydrogens is 184 g/mol. The fourth-order valence-electron chi connectivity index (χ4n) is 1.87. The van der Waals surface area contributed by atoms with Gasteiger partial charge in [-0.15, -0.1) is 0 Å². The highest BCUT2D eigenvalue weighted by Crippen LogP contribution is 2.22. The zero-order valence-corrected chi connectivity index (χ0v) is 9.40. The molecule has 0 aliphatic carbocycles. The van der Waals surface area contributed by atoms with Crippen molar-refractivity contribution in [2.45, 2.75) is 26.8 Å². The number of hydrogen-bond acceptors (Lipinski definition) is 1. The molecule has 0 saturated carbocycles. The van der Waals surface area contributed by atoms with Crippen LogP contribution in [0.3, 0.4) is 0 Å². The number of fused-ring (bicyclic) bond motifs is 1. The summed E-state index contributed by atoms with van der Waals surface area (Å²) in [4.78, 5) is 0. The van der Waals surface area contributed by atoms with Crippen LogP contribution in [0, 0.1) is 5.92 Å². The van der Waals surface area contributed by atoms with Crippen LogP contribution in [0.4, 0.5) is 5.69 Å². The maximum absolute atomic E-state index is 5.92. The average Bonchev–Trinajstić information content (AvgIpc) is 2.63. The third kappa shape index (κ3) is 1.84. The van der Waals surface area contributed by atoms with Gasteiger partial charge in [0, 0.05) is 23.8 Å². The lowest BCUT2D eigenvalue weighted by atomic mass is 10.1. The molecule has 1 aromatic carbocycles. The van der Waals surface area contributed by atoms with Crippen molar-refractivity contribution in [3.8, 4) is 0 Å². The second-order valence-corrected chi connectivity index (χ2v) is 4.26. The maximum atomic E-state index is 5.92. The molecule has 0 saturated heterocycles. The molecule has 0 radical (unpaired) electrons. The zero-order valence-electron chi connectivity index (χ0n) is 9.40. The fourth-order valence-corrected chi connectivity index (χ4v) is 1.87. The number of hydrogen-bond donors (Lipinski definition) is 1. The molecule has 1 heterocycles. The van der Waals surface area contributed by atoms with E-state index < -0.39 is 0 Å². The Hall–Kier alpha value is -1.44. The number of nitrogen functional groups attached to an aromatic ring is 1. The van der Waals surface area contributed by atoms with Gasteiger partial charge in [0.1, 0.15) is 0 Å². The minimum absolute atomic E-state index is 0.710. The Morgan fingerprint density at radius 3 is 2.87 bits per heavy atom. The zero-order chi connectivity index (χ0) is 10.8. The Morgan fingerprint density at radius 2 is 2.13 bits per heavy atom. The first-order valence-electron chi connectivity index (χ1n) is 5.55. The highest BCUT2D eigenvalue weighted by molar-refractivity contribution is 5.91. The molecule has 0 spiro atoms. The predicted molar refractivity (Wildman–Crippen MR) is 65.8 cm³/mol. The molecule has 1 unspecified atom stereocenters. The summed E-state index contributed by atoms with van der Waals surface area (Å²) in [7, 11) is 0. The van der Waals surface area contributed by atoms with E-state index in [4.69, 9.17) is 5.73 Å². The largest absolute Gasteiger partial charge is 0.398 e. The molecule has 1 atom stereocenters. The van der Waals surface area contributed by atoms with Crippen LogP contribution in [0.5, 0.6) is 0 Å². The van der Waals surface area contributed by atoms with Crippen molar-refractivity contribution in [3.05, 3.63) is 30.5 Å². The summed E-state index contributed by atoms with van der Waals surface area (Å²) in [5.41, 5.74) is 8.04. The second-order valence-electron chi connectivity index (χ2n) is 4.26. The molecule has 2 aromatic rings. The summed E-state index contributed by atoms with van der Waals surface area (Å²) in [6.45, 7) is 5.58. The van der Waals surface area contributed by atoms with Crippen molar-refractivity contribution < 1.29 is 0 Å². The van der Waals surface area contributed by atoms with E-state index in [1.807, 2.05) is 12.1 Å². The van der Waals surface area contributed by atoms with Gasteiger partial charge in [0.2, 0.25) is 0 Å². The molecule has 2 N–H and O–H groups in total. The van der Waals surface area contributed by atoms with Crippen molar-refractivity contribution in [1.82, 2.24) is 4.57 Å². The van der Waals surface area contributed by atoms with Crippen LogP contribution in [0.15, 0.2) is 30.5 Å². The SMILES string of the molecule is CCC(C)Cn1ccc2c(N)cccc21. The third-order valence-corrected chi connectivity index (χ3v) is 3.05. The van der Waals surface area contributed by atoms with E-state index in [2.05, 4.69) is 36.7 Å². The average molecular weight is 202 g/mol. The number of aromatic nitrogens is 1. The van der Waals surface area contributed by atoms with Crippen LogP contribution in [0.2, 0.25) is 0 Å². The van der Waals surface area contributed by atoms with Gasteiger partial charge in [-0.3, -0.25) is 0 Å². The van der Waals surface area contributed by atoms with Crippen LogP contribution < -0.4 is 5.73 Å². The first-order chi connectivity index (χ1) is 7.22. The third-order valence-electron chi connectivity index (χ3n) is 3.05. The van der Waals surface area contributed by atoms with Gasteiger partial charge in [0.15, 0.2) is 0 Å². The van der Waals surface area contributed by atoms with Crippen LogP contribution in [-0.2, 0) is 6.54 Å². The smallest absolute Gasteiger partial charge is 0.0501 e. The van der Waals surface area contributed by atoms with Crippen molar-refractivity contribution in [1.29, 1.82) is 0 Å². The molecule has 2 nitrogen and oxygen atoms in total. The summed E-state index contributed by atoms with van der Waals surface area (Å²) in [5, 5.41) is 1.17. The lowest BCUT2D eigenvalue weighted by Gasteiger charge is -2.11. The van der Waals surface area contributed by atoms with E-state index in [0.29, 0.717) is 5.92 Å². The lowest BCUT2D eigenvalue weighted by molar-refractivity contribution is 0.477. The Balaban J connectivity index is 2.41. The second kappa shape index (κ2) is 3.97. The molecular formula is C13H18N2. The molecule has 0 fully saturated rings. The van der Waals surface area contributed by atoms with Crippen LogP contribution in [0.1, 0.15) is 20.3 Å². The van der Waals surface area contributed by atoms with E-state index in [-0.39, 0.29) is 0 Å². The van der Waals surface area contributed by atoms with Gasteiger partial charge >= 0.3 is 0 Å². The Bertz CT molecular complexity index is 457. The van der Waals surface area contributed by atoms with E-state index in [1.54, 1.807) is 0 Å². The van der Waals surface area contributed by atoms with Crippen molar-refractivity contribution >= 4 is 16.6 Å². The highest BCUT2D eigenvalue weighted by Gasteiger charge is 2.05. The van der Waals surface area contributed by atoms with E-state index >= 15 is 0 Å². The Kier molecular flexibility index (Phi) is 2.67. The fraction of sp³-hybridized carbons (Fsp3) is 0.385. The Labute approximate surface area is 90.7 Å². The monoisotopic (exact) mass is 202 g/mol. The molecule has 2 rings (SSSR count). The minimum Gasteiger partial charge on any atom is -0.398 e. The number of nitrogens with zero attached hydrogens (tertiary/aromatic N) is 1. The summed E-state index contributed by atoms with van der Waals surface area (Å²) in [6.07, 6.45) is 3.34. The Morgan fingerprint density at radius 1 is 1.33 bits per heavy atom. The predicted octanol–water partition coefficient (Wildman–Crippen LogP) is 3.27. The first kappa shape index (κ1) is 10.1. The molecule has 0 aliphatic rings. The van der Waals surface area contributed by atoms with Crippen LogP contribution in [0.25, 0.3) is 10.9 Å². The van der Waals surface area contributed by atoms with Gasteiger partial charge < -0.3 is 10.3 Å². The highest BCUT2D eigenvalue weighted by atomic mass is 15.0. The van der Waals surface area contributed by atoms with Gasteiger partial charge in [-0.25, -0.2) is 0 Å². The van der Waals surface area contributed by atoms with Crippen LogP contribution >= 0.6 is 0 Å². The molecule has 1 aromatic heterocycles. The normalized spacial score (nSPS) is 13.2. The molecule has 0 aliphatic heterocycles. The summed E-state index contributed by atoms with van der Waals surface area (Å²) in [5.74, 6) is 0.710. The van der Waals surface area contributed by atoms with Crippen LogP contribution in [-0.4, -0.2) is 4.57 Å². The molecule has 80 valence electrons. The molecule has 2 heteroatoms. The van der Waals surface area contributed by atoms with Gasteiger partial charge in [-0.1, -0.05) is 26.3 Å².